The maximum Gasteiger partial charge on any atom is 0.435 e. The molecule has 6 N–H and O–H groups in total. The first-order valence-corrected chi connectivity index (χ1v) is 12.2. The van der Waals surface area contributed by atoms with E-state index >= 15 is 0 Å². The van der Waals surface area contributed by atoms with Crippen molar-refractivity contribution >= 4 is 33.5 Å². The first-order chi connectivity index (χ1) is 18.3. The molecular weight excluding hydrogens is 541 g/mol. The summed E-state index contributed by atoms with van der Waals surface area (Å²) in [4.78, 5) is 36.0. The molecule has 200 valence electrons. The average molecular weight is 559 g/mol. The minimum Gasteiger partial charge on any atom is -0.380 e. The van der Waals surface area contributed by atoms with Gasteiger partial charge < -0.3 is 11.5 Å². The Morgan fingerprint density at radius 2 is 1.62 bits per heavy atom. The Hall–Kier alpha value is -4.96. The summed E-state index contributed by atoms with van der Waals surface area (Å²) in [5, 5.41) is 8.69. The van der Waals surface area contributed by atoms with Crippen molar-refractivity contribution < 1.29 is 31.2 Å². The van der Waals surface area contributed by atoms with E-state index in [4.69, 9.17) is 16.6 Å². The highest BCUT2D eigenvalue weighted by molar-refractivity contribution is 7.89. The molecule has 0 spiro atoms. The van der Waals surface area contributed by atoms with E-state index in [2.05, 4.69) is 20.1 Å². The van der Waals surface area contributed by atoms with E-state index in [1.807, 2.05) is 0 Å². The van der Waals surface area contributed by atoms with Gasteiger partial charge >= 0.3 is 6.18 Å². The molecule has 4 aromatic rings. The number of amidine groups is 1. The number of benzene rings is 2. The minimum absolute atomic E-state index is 0.0332. The molecule has 2 aromatic heterocycles. The largest absolute Gasteiger partial charge is 0.435 e. The Morgan fingerprint density at radius 1 is 0.949 bits per heavy atom. The predicted octanol–water partition coefficient (Wildman–Crippen LogP) is 1.97. The van der Waals surface area contributed by atoms with Crippen molar-refractivity contribution in [2.75, 3.05) is 0 Å². The number of carbonyl (C=O) groups excluding carboxylic acids is 2. The van der Waals surface area contributed by atoms with Crippen LogP contribution in [0.2, 0.25) is 0 Å². The lowest BCUT2D eigenvalue weighted by molar-refractivity contribution is -0.141. The molecule has 0 unspecified atom stereocenters. The summed E-state index contributed by atoms with van der Waals surface area (Å²) in [6.45, 7) is 0. The summed E-state index contributed by atoms with van der Waals surface area (Å²) in [6, 6.07) is 11.5. The second-order valence-electron chi connectivity index (χ2n) is 7.88. The Bertz CT molecular complexity index is 1730. The van der Waals surface area contributed by atoms with Gasteiger partial charge in [0.2, 0.25) is 21.7 Å². The summed E-state index contributed by atoms with van der Waals surface area (Å²) in [5.41, 5.74) is 9.39. The maximum absolute atomic E-state index is 13.4. The van der Waals surface area contributed by atoms with Crippen LogP contribution in [0.1, 0.15) is 26.5 Å². The number of aliphatic imine (C=N–C) groups is 1. The highest BCUT2D eigenvalue weighted by atomic mass is 32.2. The van der Waals surface area contributed by atoms with Crippen molar-refractivity contribution in [3.05, 3.63) is 83.9 Å². The number of nitrogens with two attached hydrogens (primary N) is 3. The minimum atomic E-state index is -4.90. The number of amides is 1. The molecule has 0 aliphatic heterocycles. The van der Waals surface area contributed by atoms with Crippen LogP contribution in [0.5, 0.6) is 0 Å². The van der Waals surface area contributed by atoms with Crippen LogP contribution >= 0.6 is 0 Å². The molecule has 4 rings (SSSR count). The van der Waals surface area contributed by atoms with E-state index in [1.54, 1.807) is 6.07 Å². The zero-order chi connectivity index (χ0) is 28.5. The Morgan fingerprint density at radius 3 is 2.23 bits per heavy atom. The van der Waals surface area contributed by atoms with E-state index in [0.717, 1.165) is 6.07 Å². The third-order valence-corrected chi connectivity index (χ3v) is 6.17. The summed E-state index contributed by atoms with van der Waals surface area (Å²) >= 11 is 0. The Balaban J connectivity index is 1.71. The quantitative estimate of drug-likeness (QED) is 0.173. The highest BCUT2D eigenvalue weighted by Gasteiger charge is 2.36. The molecule has 0 saturated carbocycles. The fourth-order valence-corrected chi connectivity index (χ4v) is 4.19. The lowest BCUT2D eigenvalue weighted by Gasteiger charge is -2.08. The molecule has 1 amide bonds. The van der Waals surface area contributed by atoms with E-state index in [1.165, 1.54) is 48.8 Å². The average Bonchev–Trinajstić information content (AvgIpc) is 3.34. The van der Waals surface area contributed by atoms with Crippen molar-refractivity contribution in [3.63, 3.8) is 0 Å². The zero-order valence-electron chi connectivity index (χ0n) is 19.5. The molecule has 0 saturated heterocycles. The molecule has 0 atom stereocenters. The standard InChI is InChI=1S/C23H17F3N8O4S/c24-23(25,26)18-9-16(34(33-18)14-5-3-4-12(8-14)21(28)36)19(35)20(27)32-22-30-10-13(11-31-22)15-6-1-2-7-17(15)39(29,37)38/h1-11H,(H2,28,36)(H2,29,37,38)(H2,27,30,31,32). The molecule has 2 heterocycles. The van der Waals surface area contributed by atoms with Crippen molar-refractivity contribution in [3.8, 4) is 16.8 Å². The molecule has 2 aromatic carbocycles. The number of Topliss-reactive ketones (excluding diaryl/α,β-unsaturated/α-hetero) is 1. The van der Waals surface area contributed by atoms with Gasteiger partial charge in [-0.15, -0.1) is 0 Å². The number of alkyl halides is 3. The second kappa shape index (κ2) is 10.1. The van der Waals surface area contributed by atoms with Crippen LogP contribution in [0.15, 0.2) is 76.9 Å². The number of aromatic nitrogens is 4. The summed E-state index contributed by atoms with van der Waals surface area (Å²) in [6.07, 6.45) is -2.50. The normalized spacial score (nSPS) is 12.4. The zero-order valence-corrected chi connectivity index (χ0v) is 20.3. The summed E-state index contributed by atoms with van der Waals surface area (Å²) < 4.78 is 64.6. The first-order valence-electron chi connectivity index (χ1n) is 10.7. The Kier molecular flexibility index (Phi) is 6.99. The molecular formula is C23H17F3N8O4S. The molecule has 0 aliphatic carbocycles. The smallest absolute Gasteiger partial charge is 0.380 e. The lowest BCUT2D eigenvalue weighted by Crippen LogP contribution is -2.26. The predicted molar refractivity (Wildman–Crippen MR) is 132 cm³/mol. The fraction of sp³-hybridized carbons (Fsp3) is 0.0435. The number of rotatable bonds is 7. The monoisotopic (exact) mass is 558 g/mol. The van der Waals surface area contributed by atoms with Crippen LogP contribution in [0.25, 0.3) is 16.8 Å². The topological polar surface area (TPSA) is 202 Å². The molecule has 0 bridgehead atoms. The van der Waals surface area contributed by atoms with Gasteiger partial charge in [0.1, 0.15) is 5.69 Å². The van der Waals surface area contributed by atoms with Gasteiger partial charge in [-0.2, -0.15) is 23.3 Å². The number of carbonyl (C=O) groups is 2. The van der Waals surface area contributed by atoms with Crippen molar-refractivity contribution in [2.24, 2.45) is 21.6 Å². The number of primary amides is 1. The second-order valence-corrected chi connectivity index (χ2v) is 9.41. The number of halogens is 3. The Labute approximate surface area is 218 Å². The van der Waals surface area contributed by atoms with E-state index in [0.29, 0.717) is 10.7 Å². The van der Waals surface area contributed by atoms with Gasteiger partial charge in [-0.1, -0.05) is 24.3 Å². The van der Waals surface area contributed by atoms with Crippen molar-refractivity contribution in [1.82, 2.24) is 19.7 Å². The van der Waals surface area contributed by atoms with Crippen molar-refractivity contribution in [1.29, 1.82) is 0 Å². The number of nitrogens with zero attached hydrogens (tertiary/aromatic N) is 5. The highest BCUT2D eigenvalue weighted by Crippen LogP contribution is 2.30. The SMILES string of the molecule is NC(=O)c1cccc(-n2nc(C(F)(F)F)cc2C(=O)C(N)=Nc2ncc(-c3ccccc3S(N)(=O)=O)cn2)c1. The number of hydrogen-bond acceptors (Lipinski definition) is 8. The van der Waals surface area contributed by atoms with Crippen LogP contribution < -0.4 is 16.6 Å². The number of sulfonamides is 1. The molecule has 39 heavy (non-hydrogen) atoms. The maximum atomic E-state index is 13.4. The molecule has 12 nitrogen and oxygen atoms in total. The van der Waals surface area contributed by atoms with E-state index in [9.17, 15) is 31.2 Å². The van der Waals surface area contributed by atoms with Gasteiger partial charge in [0.05, 0.1) is 10.6 Å². The van der Waals surface area contributed by atoms with E-state index < -0.39 is 45.1 Å². The summed E-state index contributed by atoms with van der Waals surface area (Å²) in [5.74, 6) is -3.10. The van der Waals surface area contributed by atoms with Gasteiger partial charge in [0, 0.05) is 35.2 Å². The van der Waals surface area contributed by atoms with Crippen LogP contribution in [0.4, 0.5) is 19.1 Å². The van der Waals surface area contributed by atoms with Gasteiger partial charge in [0.15, 0.2) is 11.5 Å². The van der Waals surface area contributed by atoms with E-state index in [-0.39, 0.29) is 33.2 Å². The molecule has 0 radical (unpaired) electrons. The third-order valence-electron chi connectivity index (χ3n) is 5.20. The van der Waals surface area contributed by atoms with Crippen LogP contribution in [-0.4, -0.2) is 45.7 Å². The number of ketones is 1. The third kappa shape index (κ3) is 5.81. The van der Waals surface area contributed by atoms with Crippen molar-refractivity contribution in [2.45, 2.75) is 11.1 Å². The summed E-state index contributed by atoms with van der Waals surface area (Å²) in [7, 11) is -4.06. The molecule has 0 fully saturated rings. The van der Waals surface area contributed by atoms with Gasteiger partial charge in [-0.25, -0.2) is 28.2 Å². The van der Waals surface area contributed by atoms with Gasteiger partial charge in [-0.05, 0) is 24.3 Å². The van der Waals surface area contributed by atoms with Crippen LogP contribution in [-0.2, 0) is 16.2 Å². The molecule has 0 aliphatic rings. The van der Waals surface area contributed by atoms with Gasteiger partial charge in [0.25, 0.3) is 5.95 Å². The molecule has 16 heteroatoms. The van der Waals surface area contributed by atoms with Gasteiger partial charge in [-0.3, -0.25) is 9.59 Å². The fourth-order valence-electron chi connectivity index (χ4n) is 3.43. The van der Waals surface area contributed by atoms with Crippen LogP contribution in [0, 0.1) is 0 Å². The first kappa shape index (κ1) is 27.1. The lowest BCUT2D eigenvalue weighted by atomic mass is 10.1. The van der Waals surface area contributed by atoms with Crippen LogP contribution in [0.3, 0.4) is 0 Å². The number of hydrogen-bond donors (Lipinski definition) is 3. The number of primary sulfonamides is 1.